The smallest absolute Gasteiger partial charge is 0.457 e. The summed E-state index contributed by atoms with van der Waals surface area (Å²) in [5.41, 5.74) is 0. The van der Waals surface area contributed by atoms with E-state index in [1.807, 2.05) is 0 Å². The summed E-state index contributed by atoms with van der Waals surface area (Å²) in [6, 6.07) is 0. The van der Waals surface area contributed by atoms with Crippen molar-refractivity contribution in [3.63, 3.8) is 0 Å². The lowest BCUT2D eigenvalue weighted by molar-refractivity contribution is -0.154. The van der Waals surface area contributed by atoms with Gasteiger partial charge in [-0.05, 0) is 64.2 Å². The molecule has 0 saturated heterocycles. The lowest BCUT2D eigenvalue weighted by Gasteiger charge is -2.20. The molecule has 0 bridgehead atoms. The number of rotatable bonds is 47. The quantitative estimate of drug-likeness (QED) is 0.0237. The first-order valence-electron chi connectivity index (χ1n) is 24.3. The maximum Gasteiger partial charge on any atom is 0.472 e. The lowest BCUT2D eigenvalue weighted by Crippen LogP contribution is -2.29. The van der Waals surface area contributed by atoms with Gasteiger partial charge in [0.2, 0.25) is 0 Å². The van der Waals surface area contributed by atoms with Crippen LogP contribution in [0.25, 0.3) is 0 Å². The van der Waals surface area contributed by atoms with Crippen molar-refractivity contribution in [3.05, 3.63) is 24.3 Å². The van der Waals surface area contributed by atoms with Crippen LogP contribution < -0.4 is 0 Å². The third-order valence-corrected chi connectivity index (χ3v) is 11.6. The van der Waals surface area contributed by atoms with Crippen LogP contribution in [-0.4, -0.2) is 66.3 Å². The predicted octanol–water partition coefficient (Wildman–Crippen LogP) is 13.8. The van der Waals surface area contributed by atoms with E-state index in [1.165, 1.54) is 154 Å². The van der Waals surface area contributed by atoms with E-state index in [0.717, 1.165) is 57.8 Å². The Morgan fingerprint density at radius 2 is 0.879 bits per heavy atom. The van der Waals surface area contributed by atoms with Crippen LogP contribution >= 0.6 is 7.82 Å². The molecule has 0 aromatic heterocycles. The molecular weight excluding hydrogens is 751 g/mol. The number of carbonyl (C=O) groups is 1. The molecule has 0 saturated carbocycles. The predicted molar refractivity (Wildman–Crippen MR) is 242 cm³/mol. The van der Waals surface area contributed by atoms with Crippen LogP contribution in [-0.2, 0) is 27.9 Å². The number of hydrogen-bond donors (Lipinski definition) is 3. The number of ether oxygens (including phenoxy) is 2. The molecule has 3 unspecified atom stereocenters. The molecule has 0 aromatic carbocycles. The van der Waals surface area contributed by atoms with Crippen molar-refractivity contribution >= 4 is 13.8 Å². The highest BCUT2D eigenvalue weighted by atomic mass is 31.2. The van der Waals surface area contributed by atoms with Crippen LogP contribution in [0.15, 0.2) is 24.3 Å². The summed E-state index contributed by atoms with van der Waals surface area (Å²) in [5.74, 6) is -0.389. The molecular formula is C48H93O9P. The van der Waals surface area contributed by atoms with Crippen LogP contribution in [0.3, 0.4) is 0 Å². The summed E-state index contributed by atoms with van der Waals surface area (Å²) >= 11 is 0. The van der Waals surface area contributed by atoms with Gasteiger partial charge in [0, 0.05) is 13.0 Å². The van der Waals surface area contributed by atoms with Gasteiger partial charge in [-0.1, -0.05) is 186 Å². The fourth-order valence-corrected chi connectivity index (χ4v) is 7.67. The number of phosphoric ester groups is 1. The van der Waals surface area contributed by atoms with Crippen molar-refractivity contribution in [1.29, 1.82) is 0 Å². The Morgan fingerprint density at radius 3 is 1.31 bits per heavy atom. The zero-order valence-corrected chi connectivity index (χ0v) is 38.7. The molecule has 0 rings (SSSR count). The van der Waals surface area contributed by atoms with Gasteiger partial charge in [0.1, 0.15) is 12.2 Å². The van der Waals surface area contributed by atoms with Crippen LogP contribution in [0.5, 0.6) is 0 Å². The summed E-state index contributed by atoms with van der Waals surface area (Å²) in [5, 5.41) is 18.4. The van der Waals surface area contributed by atoms with Crippen LogP contribution in [0, 0.1) is 0 Å². The van der Waals surface area contributed by atoms with Gasteiger partial charge in [-0.3, -0.25) is 13.8 Å². The molecule has 0 heterocycles. The largest absolute Gasteiger partial charge is 0.472 e. The van der Waals surface area contributed by atoms with Crippen molar-refractivity contribution in [2.24, 2.45) is 0 Å². The van der Waals surface area contributed by atoms with Crippen molar-refractivity contribution in [2.75, 3.05) is 33.0 Å². The molecule has 0 aliphatic heterocycles. The van der Waals surface area contributed by atoms with E-state index in [4.69, 9.17) is 23.6 Å². The van der Waals surface area contributed by atoms with E-state index in [2.05, 4.69) is 38.2 Å². The number of phosphoric acid groups is 1. The molecule has 9 nitrogen and oxygen atoms in total. The third-order valence-electron chi connectivity index (χ3n) is 10.6. The molecule has 0 aliphatic rings. The Bertz CT molecular complexity index is 959. The monoisotopic (exact) mass is 845 g/mol. The summed E-state index contributed by atoms with van der Waals surface area (Å²) in [6.45, 7) is 3.52. The van der Waals surface area contributed by atoms with E-state index in [9.17, 15) is 19.4 Å². The second-order valence-corrected chi connectivity index (χ2v) is 17.9. The molecule has 0 radical (unpaired) electrons. The number of carbonyl (C=O) groups excluding carboxylic acids is 1. The van der Waals surface area contributed by atoms with E-state index < -0.39 is 33.2 Å². The van der Waals surface area contributed by atoms with Crippen molar-refractivity contribution in [2.45, 2.75) is 244 Å². The van der Waals surface area contributed by atoms with Gasteiger partial charge in [0.25, 0.3) is 0 Å². The summed E-state index contributed by atoms with van der Waals surface area (Å²) < 4.78 is 33.4. The molecule has 344 valence electrons. The van der Waals surface area contributed by atoms with Crippen LogP contribution in [0.2, 0.25) is 0 Å². The standard InChI is InChI=1S/C48H93O9P/c1-3-5-7-9-11-13-15-17-18-19-20-21-22-23-24-25-26-27-29-31-33-35-37-39-41-54-44-47(45-56-58(52,53)55-43-46(50)42-49)57-48(51)40-38-36-34-32-30-28-16-14-12-10-8-6-4-2/h14,16,19-20,46-47,49-50H,3-13,15,17-18,21-45H2,1-2H3,(H,52,53)/b16-14-,20-19-. The highest BCUT2D eigenvalue weighted by molar-refractivity contribution is 7.47. The first-order valence-corrected chi connectivity index (χ1v) is 25.8. The second-order valence-electron chi connectivity index (χ2n) is 16.5. The average molecular weight is 845 g/mol. The molecule has 0 aliphatic carbocycles. The van der Waals surface area contributed by atoms with Gasteiger partial charge in [-0.25, -0.2) is 4.57 Å². The van der Waals surface area contributed by atoms with Gasteiger partial charge in [-0.15, -0.1) is 0 Å². The van der Waals surface area contributed by atoms with Gasteiger partial charge < -0.3 is 24.6 Å². The van der Waals surface area contributed by atoms with Crippen molar-refractivity contribution in [3.8, 4) is 0 Å². The number of unbranched alkanes of at least 4 members (excludes halogenated alkanes) is 29. The van der Waals surface area contributed by atoms with E-state index in [-0.39, 0.29) is 25.6 Å². The van der Waals surface area contributed by atoms with Gasteiger partial charge >= 0.3 is 13.8 Å². The third kappa shape index (κ3) is 44.5. The number of aliphatic hydroxyl groups is 2. The average Bonchev–Trinajstić information content (AvgIpc) is 3.21. The second kappa shape index (κ2) is 45.5. The molecule has 0 aromatic rings. The van der Waals surface area contributed by atoms with Gasteiger partial charge in [0.05, 0.1) is 26.4 Å². The molecule has 58 heavy (non-hydrogen) atoms. The first-order chi connectivity index (χ1) is 28.3. The number of hydrogen-bond acceptors (Lipinski definition) is 8. The first kappa shape index (κ1) is 56.9. The number of allylic oxidation sites excluding steroid dienone is 4. The minimum atomic E-state index is -4.52. The Morgan fingerprint density at radius 1 is 0.517 bits per heavy atom. The minimum absolute atomic E-state index is 0.0488. The Hall–Kier alpha value is -1.06. The molecule has 3 N–H and O–H groups in total. The fraction of sp³-hybridized carbons (Fsp3) is 0.896. The maximum atomic E-state index is 12.6. The fourth-order valence-electron chi connectivity index (χ4n) is 6.88. The maximum absolute atomic E-state index is 12.6. The van der Waals surface area contributed by atoms with Crippen LogP contribution in [0.1, 0.15) is 232 Å². The van der Waals surface area contributed by atoms with Crippen LogP contribution in [0.4, 0.5) is 0 Å². The van der Waals surface area contributed by atoms with E-state index in [0.29, 0.717) is 6.61 Å². The van der Waals surface area contributed by atoms with Gasteiger partial charge in [0.15, 0.2) is 0 Å². The highest BCUT2D eigenvalue weighted by Gasteiger charge is 2.26. The molecule has 10 heteroatoms. The summed E-state index contributed by atoms with van der Waals surface area (Å²) in [4.78, 5) is 22.6. The Labute approximate surface area is 357 Å². The summed E-state index contributed by atoms with van der Waals surface area (Å²) in [7, 11) is -4.52. The molecule has 0 amide bonds. The lowest BCUT2D eigenvalue weighted by atomic mass is 10.0. The van der Waals surface area contributed by atoms with E-state index >= 15 is 0 Å². The number of esters is 1. The topological polar surface area (TPSA) is 132 Å². The van der Waals surface area contributed by atoms with Crippen molar-refractivity contribution < 1.29 is 43.0 Å². The summed E-state index contributed by atoms with van der Waals surface area (Å²) in [6.07, 6.45) is 48.6. The SMILES string of the molecule is CCCCCC/C=C\CCCCCCCC(=O)OC(COCCCCCCCCCCCCCC/C=C\CCCCCCCCCC)COP(=O)(O)OCC(O)CO. The number of aliphatic hydroxyl groups excluding tert-OH is 2. The Balaban J connectivity index is 4.01. The normalized spacial score (nSPS) is 14.1. The molecule has 0 spiro atoms. The van der Waals surface area contributed by atoms with Gasteiger partial charge in [-0.2, -0.15) is 0 Å². The molecule has 0 fully saturated rings. The van der Waals surface area contributed by atoms with Crippen molar-refractivity contribution in [1.82, 2.24) is 0 Å². The minimum Gasteiger partial charge on any atom is -0.457 e. The molecule has 3 atom stereocenters. The zero-order chi connectivity index (χ0) is 42.5. The zero-order valence-electron chi connectivity index (χ0n) is 37.8. The van der Waals surface area contributed by atoms with E-state index in [1.54, 1.807) is 0 Å². The highest BCUT2D eigenvalue weighted by Crippen LogP contribution is 2.43. The Kier molecular flexibility index (Phi) is 44.6.